The molecule has 0 bridgehead atoms. The maximum Gasteiger partial charge on any atom is 0.303 e. The zero-order chi connectivity index (χ0) is 13.2. The van der Waals surface area contributed by atoms with Gasteiger partial charge in [-0.2, -0.15) is 10.2 Å². The molecule has 0 aliphatic carbocycles. The molecule has 0 spiro atoms. The highest BCUT2D eigenvalue weighted by molar-refractivity contribution is 5.66. The SMILES string of the molecule is [C-]#[N+]c1ccc(N=NCCCCCC(=O)O)cc1. The smallest absolute Gasteiger partial charge is 0.303 e. The predicted octanol–water partition coefficient (Wildman–Crippen LogP) is 3.97. The molecule has 5 heteroatoms. The van der Waals surface area contributed by atoms with Crippen molar-refractivity contribution in [2.45, 2.75) is 25.7 Å². The second-order valence-electron chi connectivity index (χ2n) is 3.80. The molecular formula is C13H15N3O2. The van der Waals surface area contributed by atoms with Crippen LogP contribution >= 0.6 is 0 Å². The van der Waals surface area contributed by atoms with Gasteiger partial charge in [-0.15, -0.1) is 0 Å². The van der Waals surface area contributed by atoms with Gasteiger partial charge in [-0.1, -0.05) is 18.6 Å². The number of nitrogens with zero attached hydrogens (tertiary/aromatic N) is 3. The fourth-order valence-electron chi connectivity index (χ4n) is 1.36. The molecular weight excluding hydrogens is 230 g/mol. The van der Waals surface area contributed by atoms with Crippen LogP contribution in [0.25, 0.3) is 4.85 Å². The van der Waals surface area contributed by atoms with E-state index in [1.807, 2.05) is 0 Å². The lowest BCUT2D eigenvalue weighted by molar-refractivity contribution is -0.137. The monoisotopic (exact) mass is 245 g/mol. The summed E-state index contributed by atoms with van der Waals surface area (Å²) in [5, 5.41) is 16.5. The van der Waals surface area contributed by atoms with Crippen LogP contribution in [0.3, 0.4) is 0 Å². The lowest BCUT2D eigenvalue weighted by atomic mass is 10.2. The number of carbonyl (C=O) groups is 1. The van der Waals surface area contributed by atoms with Gasteiger partial charge in [0.1, 0.15) is 0 Å². The fourth-order valence-corrected chi connectivity index (χ4v) is 1.36. The van der Waals surface area contributed by atoms with Gasteiger partial charge in [-0.25, -0.2) is 4.85 Å². The highest BCUT2D eigenvalue weighted by Crippen LogP contribution is 2.18. The summed E-state index contributed by atoms with van der Waals surface area (Å²) in [6, 6.07) is 6.91. The van der Waals surface area contributed by atoms with Crippen molar-refractivity contribution >= 4 is 17.3 Å². The zero-order valence-corrected chi connectivity index (χ0v) is 10.0. The maximum absolute atomic E-state index is 10.3. The average Bonchev–Trinajstić information content (AvgIpc) is 2.38. The van der Waals surface area contributed by atoms with Gasteiger partial charge in [0.25, 0.3) is 0 Å². The third-order valence-electron chi connectivity index (χ3n) is 2.31. The molecule has 1 N–H and O–H groups in total. The lowest BCUT2D eigenvalue weighted by Crippen LogP contribution is -1.93. The quantitative estimate of drug-likeness (QED) is 0.448. The molecule has 1 aromatic rings. The van der Waals surface area contributed by atoms with Crippen molar-refractivity contribution in [3.05, 3.63) is 35.7 Å². The summed E-state index contributed by atoms with van der Waals surface area (Å²) in [6.45, 7) is 7.41. The zero-order valence-electron chi connectivity index (χ0n) is 10.0. The minimum absolute atomic E-state index is 0.217. The molecule has 0 saturated heterocycles. The number of aliphatic carboxylic acids is 1. The van der Waals surface area contributed by atoms with Crippen molar-refractivity contribution in [3.8, 4) is 0 Å². The van der Waals surface area contributed by atoms with Crippen molar-refractivity contribution in [2.24, 2.45) is 10.2 Å². The Morgan fingerprint density at radius 3 is 2.56 bits per heavy atom. The summed E-state index contributed by atoms with van der Waals surface area (Å²) in [6.07, 6.45) is 2.60. The molecule has 0 saturated carbocycles. The first-order chi connectivity index (χ1) is 8.72. The average molecular weight is 245 g/mol. The van der Waals surface area contributed by atoms with Crippen LogP contribution in [-0.2, 0) is 4.79 Å². The van der Waals surface area contributed by atoms with E-state index in [-0.39, 0.29) is 6.42 Å². The standard InChI is InChI=1S/C13H15N3O2/c1-14-11-6-8-12(9-7-11)16-15-10-4-2-3-5-13(17)18/h6-9H,2-5,10H2,(H,17,18). The Kier molecular flexibility index (Phi) is 6.12. The van der Waals surface area contributed by atoms with E-state index in [1.54, 1.807) is 24.3 Å². The van der Waals surface area contributed by atoms with Crippen molar-refractivity contribution in [2.75, 3.05) is 6.54 Å². The van der Waals surface area contributed by atoms with Gasteiger partial charge in [0.15, 0.2) is 5.69 Å². The number of carboxylic acid groups (broad SMARTS) is 1. The number of carboxylic acids is 1. The first kappa shape index (κ1) is 13.8. The molecule has 0 unspecified atom stereocenters. The van der Waals surface area contributed by atoms with Crippen molar-refractivity contribution in [1.29, 1.82) is 0 Å². The molecule has 0 amide bonds. The highest BCUT2D eigenvalue weighted by atomic mass is 16.4. The van der Waals surface area contributed by atoms with Gasteiger partial charge in [-0.3, -0.25) is 4.79 Å². The molecule has 0 atom stereocenters. The van der Waals surface area contributed by atoms with E-state index >= 15 is 0 Å². The molecule has 0 aromatic heterocycles. The molecule has 0 heterocycles. The Bertz CT molecular complexity index is 446. The minimum atomic E-state index is -0.753. The van der Waals surface area contributed by atoms with Crippen molar-refractivity contribution < 1.29 is 9.90 Å². The predicted molar refractivity (Wildman–Crippen MR) is 68.2 cm³/mol. The van der Waals surface area contributed by atoms with E-state index in [4.69, 9.17) is 11.7 Å². The van der Waals surface area contributed by atoms with Crippen LogP contribution in [0.4, 0.5) is 11.4 Å². The van der Waals surface area contributed by atoms with Crippen LogP contribution in [0.15, 0.2) is 34.5 Å². The molecule has 1 aromatic carbocycles. The van der Waals surface area contributed by atoms with E-state index in [2.05, 4.69) is 15.1 Å². The Labute approximate surface area is 106 Å². The molecule has 18 heavy (non-hydrogen) atoms. The van der Waals surface area contributed by atoms with Crippen LogP contribution in [0.2, 0.25) is 0 Å². The van der Waals surface area contributed by atoms with Gasteiger partial charge in [0.05, 0.1) is 18.8 Å². The van der Waals surface area contributed by atoms with Crippen LogP contribution in [0.5, 0.6) is 0 Å². The normalized spacial score (nSPS) is 10.4. The van der Waals surface area contributed by atoms with Crippen LogP contribution < -0.4 is 0 Å². The van der Waals surface area contributed by atoms with E-state index in [9.17, 15) is 4.79 Å². The van der Waals surface area contributed by atoms with Gasteiger partial charge >= 0.3 is 5.97 Å². The number of unbranched alkanes of at least 4 members (excludes halogenated alkanes) is 2. The van der Waals surface area contributed by atoms with Gasteiger partial charge in [-0.05, 0) is 25.0 Å². The third-order valence-corrected chi connectivity index (χ3v) is 2.31. The Morgan fingerprint density at radius 2 is 1.94 bits per heavy atom. The maximum atomic E-state index is 10.3. The van der Waals surface area contributed by atoms with Gasteiger partial charge in [0, 0.05) is 6.42 Å². The molecule has 1 rings (SSSR count). The first-order valence-corrected chi connectivity index (χ1v) is 5.79. The molecule has 94 valence electrons. The molecule has 5 nitrogen and oxygen atoms in total. The minimum Gasteiger partial charge on any atom is -0.481 e. The lowest BCUT2D eigenvalue weighted by Gasteiger charge is -1.95. The van der Waals surface area contributed by atoms with E-state index < -0.39 is 5.97 Å². The topological polar surface area (TPSA) is 66.4 Å². The summed E-state index contributed by atoms with van der Waals surface area (Å²) < 4.78 is 0. The Balaban J connectivity index is 2.20. The summed E-state index contributed by atoms with van der Waals surface area (Å²) in [5.74, 6) is -0.753. The number of rotatable bonds is 7. The van der Waals surface area contributed by atoms with Crippen LogP contribution in [-0.4, -0.2) is 17.6 Å². The largest absolute Gasteiger partial charge is 0.481 e. The molecule has 0 aliphatic heterocycles. The van der Waals surface area contributed by atoms with Crippen molar-refractivity contribution in [3.63, 3.8) is 0 Å². The number of hydrogen-bond acceptors (Lipinski definition) is 3. The number of benzene rings is 1. The van der Waals surface area contributed by atoms with E-state index in [1.165, 1.54) is 0 Å². The second kappa shape index (κ2) is 7.96. The molecule has 0 fully saturated rings. The van der Waals surface area contributed by atoms with Crippen molar-refractivity contribution in [1.82, 2.24) is 0 Å². The van der Waals surface area contributed by atoms with Crippen LogP contribution in [0.1, 0.15) is 25.7 Å². The fraction of sp³-hybridized carbons (Fsp3) is 0.385. The molecule has 0 aliphatic rings. The highest BCUT2D eigenvalue weighted by Gasteiger charge is 1.95. The van der Waals surface area contributed by atoms with Crippen LogP contribution in [0, 0.1) is 6.57 Å². The summed E-state index contributed by atoms with van der Waals surface area (Å²) in [7, 11) is 0. The molecule has 0 radical (unpaired) electrons. The van der Waals surface area contributed by atoms with E-state index in [0.29, 0.717) is 18.7 Å². The second-order valence-corrected chi connectivity index (χ2v) is 3.80. The first-order valence-electron chi connectivity index (χ1n) is 5.79. The summed E-state index contributed by atoms with van der Waals surface area (Å²) >= 11 is 0. The number of azo groups is 1. The summed E-state index contributed by atoms with van der Waals surface area (Å²) in [4.78, 5) is 13.5. The van der Waals surface area contributed by atoms with Gasteiger partial charge in [0.2, 0.25) is 0 Å². The van der Waals surface area contributed by atoms with Gasteiger partial charge < -0.3 is 5.11 Å². The van der Waals surface area contributed by atoms with E-state index in [0.717, 1.165) is 18.5 Å². The third kappa shape index (κ3) is 5.75. The Hall–Kier alpha value is -2.22. The Morgan fingerprint density at radius 1 is 1.22 bits per heavy atom. The number of hydrogen-bond donors (Lipinski definition) is 1. The summed E-state index contributed by atoms with van der Waals surface area (Å²) in [5.41, 5.74) is 1.32.